The van der Waals surface area contributed by atoms with E-state index in [1.54, 1.807) is 6.07 Å². The number of hydrogen-bond donors (Lipinski definition) is 2. The van der Waals surface area contributed by atoms with Gasteiger partial charge >= 0.3 is 0 Å². The minimum atomic E-state index is -0.469. The van der Waals surface area contributed by atoms with Crippen LogP contribution in [-0.4, -0.2) is 54.3 Å². The fraction of sp³-hybridized carbons (Fsp3) is 0.333. The standard InChI is InChI=1S/C24H27ClFN5O2/c1-2-6-27-22-14-18-21(15-23(22)33-10-3-7-31-8-11-32-12-9-31)28-16-29-24(18)30-17-4-5-20(26)19(25)13-17/h2,4-6,13-16,27H,3,7-12H2,1H3,(H,28,29,30). The van der Waals surface area contributed by atoms with Crippen molar-refractivity contribution in [1.29, 1.82) is 0 Å². The Morgan fingerprint density at radius 2 is 2.06 bits per heavy atom. The van der Waals surface area contributed by atoms with Gasteiger partial charge in [-0.05, 0) is 43.8 Å². The van der Waals surface area contributed by atoms with Gasteiger partial charge in [0.05, 0.1) is 36.0 Å². The first-order chi connectivity index (χ1) is 16.1. The number of nitrogens with zero attached hydrogens (tertiary/aromatic N) is 3. The molecule has 0 spiro atoms. The van der Waals surface area contributed by atoms with Gasteiger partial charge in [0.15, 0.2) is 0 Å². The van der Waals surface area contributed by atoms with Crippen LogP contribution in [0.5, 0.6) is 5.75 Å². The van der Waals surface area contributed by atoms with Crippen LogP contribution in [0, 0.1) is 5.82 Å². The molecule has 2 N–H and O–H groups in total. The number of hydrogen-bond acceptors (Lipinski definition) is 7. The summed E-state index contributed by atoms with van der Waals surface area (Å²) in [4.78, 5) is 11.2. The summed E-state index contributed by atoms with van der Waals surface area (Å²) in [6.07, 6.45) is 6.16. The monoisotopic (exact) mass is 471 g/mol. The van der Waals surface area contributed by atoms with Crippen LogP contribution in [0.2, 0.25) is 5.02 Å². The van der Waals surface area contributed by atoms with E-state index in [0.29, 0.717) is 18.1 Å². The third-order valence-corrected chi connectivity index (χ3v) is 5.59. The van der Waals surface area contributed by atoms with E-state index in [9.17, 15) is 4.39 Å². The molecule has 2 heterocycles. The highest BCUT2D eigenvalue weighted by Gasteiger charge is 2.13. The Balaban J connectivity index is 1.53. The first kappa shape index (κ1) is 23.2. The van der Waals surface area contributed by atoms with Crippen LogP contribution in [0.25, 0.3) is 10.9 Å². The summed E-state index contributed by atoms with van der Waals surface area (Å²) in [6.45, 7) is 7.03. The van der Waals surface area contributed by atoms with Crippen molar-refractivity contribution in [3.63, 3.8) is 0 Å². The molecule has 0 bridgehead atoms. The Hall–Kier alpha value is -2.94. The van der Waals surface area contributed by atoms with Crippen molar-refractivity contribution in [2.45, 2.75) is 13.3 Å². The van der Waals surface area contributed by atoms with Gasteiger partial charge < -0.3 is 20.1 Å². The molecule has 9 heteroatoms. The lowest BCUT2D eigenvalue weighted by molar-refractivity contribution is 0.0358. The van der Waals surface area contributed by atoms with Gasteiger partial charge in [0.2, 0.25) is 0 Å². The van der Waals surface area contributed by atoms with E-state index in [0.717, 1.165) is 61.6 Å². The van der Waals surface area contributed by atoms with Crippen molar-refractivity contribution < 1.29 is 13.9 Å². The zero-order chi connectivity index (χ0) is 23.0. The minimum absolute atomic E-state index is 0.0431. The molecule has 1 aliphatic heterocycles. The fourth-order valence-electron chi connectivity index (χ4n) is 3.59. The number of halogens is 2. The zero-order valence-corrected chi connectivity index (χ0v) is 19.2. The van der Waals surface area contributed by atoms with Gasteiger partial charge in [-0.2, -0.15) is 0 Å². The van der Waals surface area contributed by atoms with E-state index in [-0.39, 0.29) is 5.02 Å². The van der Waals surface area contributed by atoms with Gasteiger partial charge in [-0.15, -0.1) is 0 Å². The fourth-order valence-corrected chi connectivity index (χ4v) is 3.78. The summed E-state index contributed by atoms with van der Waals surface area (Å²) in [5, 5.41) is 7.31. The quantitative estimate of drug-likeness (QED) is 0.415. The van der Waals surface area contributed by atoms with Crippen LogP contribution in [0.1, 0.15) is 13.3 Å². The van der Waals surface area contributed by atoms with Crippen LogP contribution in [0.4, 0.5) is 21.6 Å². The first-order valence-corrected chi connectivity index (χ1v) is 11.3. The van der Waals surface area contributed by atoms with Gasteiger partial charge in [0.1, 0.15) is 23.7 Å². The molecule has 1 fully saturated rings. The van der Waals surface area contributed by atoms with Gasteiger partial charge in [-0.25, -0.2) is 14.4 Å². The highest BCUT2D eigenvalue weighted by molar-refractivity contribution is 6.31. The zero-order valence-electron chi connectivity index (χ0n) is 18.5. The van der Waals surface area contributed by atoms with Crippen molar-refractivity contribution >= 4 is 39.7 Å². The van der Waals surface area contributed by atoms with E-state index < -0.39 is 5.82 Å². The van der Waals surface area contributed by atoms with Crippen LogP contribution in [0.3, 0.4) is 0 Å². The molecule has 4 rings (SSSR count). The van der Waals surface area contributed by atoms with Crippen LogP contribution < -0.4 is 15.4 Å². The van der Waals surface area contributed by atoms with E-state index >= 15 is 0 Å². The van der Waals surface area contributed by atoms with E-state index in [2.05, 4.69) is 25.5 Å². The van der Waals surface area contributed by atoms with Crippen molar-refractivity contribution in [1.82, 2.24) is 14.9 Å². The Morgan fingerprint density at radius 3 is 2.85 bits per heavy atom. The van der Waals surface area contributed by atoms with Crippen LogP contribution >= 0.6 is 11.6 Å². The van der Waals surface area contributed by atoms with E-state index in [1.807, 2.05) is 31.3 Å². The Morgan fingerprint density at radius 1 is 1.21 bits per heavy atom. The lowest BCUT2D eigenvalue weighted by Gasteiger charge is -2.26. The second-order valence-electron chi connectivity index (χ2n) is 7.64. The first-order valence-electron chi connectivity index (χ1n) is 11.0. The molecule has 1 saturated heterocycles. The van der Waals surface area contributed by atoms with Gasteiger partial charge in [-0.1, -0.05) is 17.7 Å². The average Bonchev–Trinajstić information content (AvgIpc) is 2.83. The summed E-state index contributed by atoms with van der Waals surface area (Å²) in [7, 11) is 0. The number of ether oxygens (including phenoxy) is 2. The molecule has 0 radical (unpaired) electrons. The highest BCUT2D eigenvalue weighted by Crippen LogP contribution is 2.34. The molecule has 1 aromatic heterocycles. The average molecular weight is 472 g/mol. The molecule has 174 valence electrons. The summed E-state index contributed by atoms with van der Waals surface area (Å²) >= 11 is 5.92. The largest absolute Gasteiger partial charge is 0.491 e. The van der Waals surface area contributed by atoms with E-state index in [4.69, 9.17) is 21.1 Å². The predicted molar refractivity (Wildman–Crippen MR) is 130 cm³/mol. The van der Waals surface area contributed by atoms with Gasteiger partial charge in [0, 0.05) is 36.8 Å². The number of allylic oxidation sites excluding steroid dienone is 1. The molecule has 0 amide bonds. The molecule has 3 aromatic rings. The SMILES string of the molecule is CC=CNc1cc2c(Nc3ccc(F)c(Cl)c3)ncnc2cc1OCCCN1CCOCC1. The summed E-state index contributed by atoms with van der Waals surface area (Å²) < 4.78 is 25.0. The molecular weight excluding hydrogens is 445 g/mol. The Bertz CT molecular complexity index is 1120. The summed E-state index contributed by atoms with van der Waals surface area (Å²) in [5.74, 6) is 0.838. The normalized spacial score (nSPS) is 14.6. The lowest BCUT2D eigenvalue weighted by atomic mass is 10.2. The molecule has 7 nitrogen and oxygen atoms in total. The number of nitrogens with one attached hydrogen (secondary N) is 2. The minimum Gasteiger partial charge on any atom is -0.491 e. The molecule has 1 aliphatic rings. The maximum Gasteiger partial charge on any atom is 0.144 e. The van der Waals surface area contributed by atoms with E-state index in [1.165, 1.54) is 18.5 Å². The molecule has 2 aromatic carbocycles. The molecule has 0 atom stereocenters. The Labute approximate surface area is 197 Å². The maximum atomic E-state index is 13.5. The number of fused-ring (bicyclic) bond motifs is 1. The van der Waals surface area contributed by atoms with Crippen molar-refractivity contribution in [3.05, 3.63) is 59.8 Å². The lowest BCUT2D eigenvalue weighted by Crippen LogP contribution is -2.37. The molecule has 33 heavy (non-hydrogen) atoms. The summed E-state index contributed by atoms with van der Waals surface area (Å²) in [5.41, 5.74) is 2.17. The Kier molecular flexibility index (Phi) is 7.93. The van der Waals surface area contributed by atoms with Crippen molar-refractivity contribution in [2.24, 2.45) is 0 Å². The topological polar surface area (TPSA) is 71.5 Å². The number of benzene rings is 2. The third kappa shape index (κ3) is 6.10. The molecule has 0 aliphatic carbocycles. The van der Waals surface area contributed by atoms with Crippen LogP contribution in [-0.2, 0) is 4.74 Å². The van der Waals surface area contributed by atoms with Crippen molar-refractivity contribution in [2.75, 3.05) is 50.1 Å². The van der Waals surface area contributed by atoms with Gasteiger partial charge in [0.25, 0.3) is 0 Å². The van der Waals surface area contributed by atoms with Crippen LogP contribution in [0.15, 0.2) is 48.9 Å². The maximum absolute atomic E-state index is 13.5. The third-order valence-electron chi connectivity index (χ3n) is 5.30. The second-order valence-corrected chi connectivity index (χ2v) is 8.05. The second kappa shape index (κ2) is 11.3. The molecule has 0 unspecified atom stereocenters. The summed E-state index contributed by atoms with van der Waals surface area (Å²) in [6, 6.07) is 8.30. The van der Waals surface area contributed by atoms with Crippen molar-refractivity contribution in [3.8, 4) is 5.75 Å². The number of rotatable bonds is 9. The molecule has 0 saturated carbocycles. The number of aromatic nitrogens is 2. The highest BCUT2D eigenvalue weighted by atomic mass is 35.5. The molecular formula is C24H27ClFN5O2. The number of morpholine rings is 1. The number of anilines is 3. The van der Waals surface area contributed by atoms with Gasteiger partial charge in [-0.3, -0.25) is 4.90 Å². The smallest absolute Gasteiger partial charge is 0.144 e. The predicted octanol–water partition coefficient (Wildman–Crippen LogP) is 5.21.